The van der Waals surface area contributed by atoms with Gasteiger partial charge < -0.3 is 29.7 Å². The van der Waals surface area contributed by atoms with Gasteiger partial charge in [0.15, 0.2) is 0 Å². The molecule has 4 aliphatic rings. The molecule has 9 heteroatoms. The molecule has 1 aromatic carbocycles. The lowest BCUT2D eigenvalue weighted by Crippen LogP contribution is -2.56. The number of amides is 3. The van der Waals surface area contributed by atoms with Crippen LogP contribution in [-0.4, -0.2) is 73.8 Å². The number of hydrogen-bond donors (Lipinski definition) is 2. The topological polar surface area (TPSA) is 106 Å². The Kier molecular flexibility index (Phi) is 7.03. The summed E-state index contributed by atoms with van der Waals surface area (Å²) < 4.78 is 16.8. The predicted octanol–water partition coefficient (Wildman–Crippen LogP) is 2.27. The molecular formula is C27H35N3O6. The van der Waals surface area contributed by atoms with Gasteiger partial charge in [-0.25, -0.2) is 0 Å². The Morgan fingerprint density at radius 1 is 1.11 bits per heavy atom. The Bertz CT molecular complexity index is 1020. The summed E-state index contributed by atoms with van der Waals surface area (Å²) in [5.41, 5.74) is -0.536. The standard InChI is InChI=1S/C27H35N3O6/c1-34-16-6-15-30-23(25(32)29-17-7-4-3-5-8-17)27-14-13-20(36-27)21(22(27)26(30)33)24(31)28-18-9-11-19(35-2)12-10-18/h9-14,17,20-23H,3-8,15-16H2,1-2H3,(H,28,31)(H,29,32). The van der Waals surface area contributed by atoms with E-state index in [-0.39, 0.29) is 23.8 Å². The molecule has 5 atom stereocenters. The van der Waals surface area contributed by atoms with Crippen molar-refractivity contribution >= 4 is 23.4 Å². The van der Waals surface area contributed by atoms with Gasteiger partial charge in [0, 0.05) is 32.0 Å². The zero-order valence-corrected chi connectivity index (χ0v) is 20.9. The summed E-state index contributed by atoms with van der Waals surface area (Å²) in [5, 5.41) is 6.12. The minimum atomic E-state index is -1.14. The molecule has 2 saturated heterocycles. The Morgan fingerprint density at radius 2 is 1.86 bits per heavy atom. The average Bonchev–Trinajstić information content (AvgIpc) is 3.53. The molecule has 36 heavy (non-hydrogen) atoms. The number of likely N-dealkylation sites (tertiary alicyclic amines) is 1. The van der Waals surface area contributed by atoms with Crippen LogP contribution in [-0.2, 0) is 23.9 Å². The zero-order valence-electron chi connectivity index (χ0n) is 20.9. The molecule has 9 nitrogen and oxygen atoms in total. The predicted molar refractivity (Wildman–Crippen MR) is 132 cm³/mol. The van der Waals surface area contributed by atoms with E-state index < -0.39 is 29.6 Å². The maximum atomic E-state index is 13.8. The highest BCUT2D eigenvalue weighted by Gasteiger charge is 2.72. The molecule has 1 aliphatic carbocycles. The van der Waals surface area contributed by atoms with Crippen LogP contribution in [0.4, 0.5) is 5.69 Å². The van der Waals surface area contributed by atoms with Crippen LogP contribution in [0.1, 0.15) is 38.5 Å². The third-order valence-corrected chi connectivity index (χ3v) is 7.98. The molecule has 194 valence electrons. The minimum Gasteiger partial charge on any atom is -0.497 e. The maximum Gasteiger partial charge on any atom is 0.246 e. The molecule has 3 fully saturated rings. The highest BCUT2D eigenvalue weighted by molar-refractivity contribution is 6.02. The molecule has 2 N–H and O–H groups in total. The van der Waals surface area contributed by atoms with Crippen LogP contribution in [0, 0.1) is 11.8 Å². The quantitative estimate of drug-likeness (QED) is 0.401. The number of methoxy groups -OCH3 is 2. The van der Waals surface area contributed by atoms with Crippen LogP contribution in [0.15, 0.2) is 36.4 Å². The smallest absolute Gasteiger partial charge is 0.246 e. The fraction of sp³-hybridized carbons (Fsp3) is 0.593. The third-order valence-electron chi connectivity index (χ3n) is 7.98. The van der Waals surface area contributed by atoms with Crippen LogP contribution >= 0.6 is 0 Å². The molecule has 0 aromatic heterocycles. The summed E-state index contributed by atoms with van der Waals surface area (Å²) in [5.74, 6) is -1.49. The van der Waals surface area contributed by atoms with Crippen LogP contribution in [0.5, 0.6) is 5.75 Å². The molecule has 0 radical (unpaired) electrons. The maximum absolute atomic E-state index is 13.8. The lowest BCUT2D eigenvalue weighted by molar-refractivity contribution is -0.141. The first-order chi connectivity index (χ1) is 17.5. The van der Waals surface area contributed by atoms with Crippen LogP contribution in [0.2, 0.25) is 0 Å². The van der Waals surface area contributed by atoms with Crippen molar-refractivity contribution in [1.82, 2.24) is 10.2 Å². The van der Waals surface area contributed by atoms with Crippen molar-refractivity contribution in [2.75, 3.05) is 32.7 Å². The Labute approximate surface area is 211 Å². The van der Waals surface area contributed by atoms with Crippen molar-refractivity contribution in [3.8, 4) is 5.75 Å². The second-order valence-corrected chi connectivity index (χ2v) is 10.1. The molecule has 3 heterocycles. The molecule has 3 amide bonds. The number of ether oxygens (including phenoxy) is 3. The number of fused-ring (bicyclic) bond motifs is 1. The summed E-state index contributed by atoms with van der Waals surface area (Å²) in [6.45, 7) is 0.835. The number of rotatable bonds is 9. The summed E-state index contributed by atoms with van der Waals surface area (Å²) in [7, 11) is 3.19. The van der Waals surface area contributed by atoms with Gasteiger partial charge in [-0.15, -0.1) is 0 Å². The van der Waals surface area contributed by atoms with E-state index in [1.165, 1.54) is 6.42 Å². The van der Waals surface area contributed by atoms with Gasteiger partial charge in [0.05, 0.1) is 25.0 Å². The fourth-order valence-corrected chi connectivity index (χ4v) is 6.31. The van der Waals surface area contributed by atoms with Crippen molar-refractivity contribution in [3.05, 3.63) is 36.4 Å². The van der Waals surface area contributed by atoms with Crippen LogP contribution in [0.3, 0.4) is 0 Å². The number of nitrogens with one attached hydrogen (secondary N) is 2. The second kappa shape index (κ2) is 10.2. The average molecular weight is 498 g/mol. The molecule has 5 rings (SSSR count). The number of hydrogen-bond acceptors (Lipinski definition) is 6. The van der Waals surface area contributed by atoms with Gasteiger partial charge in [0.25, 0.3) is 0 Å². The fourth-order valence-electron chi connectivity index (χ4n) is 6.31. The number of carbonyl (C=O) groups excluding carboxylic acids is 3. The van der Waals surface area contributed by atoms with Gasteiger partial charge in [0.1, 0.15) is 17.4 Å². The van der Waals surface area contributed by atoms with Gasteiger partial charge in [-0.1, -0.05) is 31.4 Å². The van der Waals surface area contributed by atoms with Gasteiger partial charge >= 0.3 is 0 Å². The Balaban J connectivity index is 1.40. The normalized spacial score (nSPS) is 30.9. The van der Waals surface area contributed by atoms with E-state index in [1.807, 2.05) is 12.2 Å². The van der Waals surface area contributed by atoms with E-state index in [0.717, 1.165) is 25.7 Å². The Hall–Kier alpha value is -2.91. The summed E-state index contributed by atoms with van der Waals surface area (Å²) in [6, 6.07) is 6.33. The van der Waals surface area contributed by atoms with Crippen molar-refractivity contribution in [3.63, 3.8) is 0 Å². The van der Waals surface area contributed by atoms with Crippen LogP contribution in [0.25, 0.3) is 0 Å². The minimum absolute atomic E-state index is 0.106. The molecule has 1 spiro atoms. The van der Waals surface area contributed by atoms with Crippen LogP contribution < -0.4 is 15.4 Å². The van der Waals surface area contributed by atoms with E-state index in [1.54, 1.807) is 43.4 Å². The van der Waals surface area contributed by atoms with Crippen molar-refractivity contribution in [2.45, 2.75) is 62.3 Å². The number of carbonyl (C=O) groups is 3. The molecule has 5 unspecified atom stereocenters. The SMILES string of the molecule is COCCCN1C(=O)C2C(C(=O)Nc3ccc(OC)cc3)C3C=CC2(O3)C1C(=O)NC1CCCCC1. The summed E-state index contributed by atoms with van der Waals surface area (Å²) in [4.78, 5) is 42.6. The molecular weight excluding hydrogens is 462 g/mol. The van der Waals surface area contributed by atoms with Gasteiger partial charge in [-0.2, -0.15) is 0 Å². The molecule has 1 saturated carbocycles. The van der Waals surface area contributed by atoms with Gasteiger partial charge in [-0.3, -0.25) is 14.4 Å². The van der Waals surface area contributed by atoms with Crippen molar-refractivity contribution in [2.24, 2.45) is 11.8 Å². The first-order valence-electron chi connectivity index (χ1n) is 12.9. The summed E-state index contributed by atoms with van der Waals surface area (Å²) >= 11 is 0. The largest absolute Gasteiger partial charge is 0.497 e. The lowest BCUT2D eigenvalue weighted by atomic mass is 9.74. The zero-order chi connectivity index (χ0) is 25.3. The number of nitrogens with zero attached hydrogens (tertiary/aromatic N) is 1. The van der Waals surface area contributed by atoms with Crippen molar-refractivity contribution in [1.29, 1.82) is 0 Å². The first-order valence-corrected chi connectivity index (χ1v) is 12.9. The van der Waals surface area contributed by atoms with E-state index in [0.29, 0.717) is 31.0 Å². The van der Waals surface area contributed by atoms with E-state index in [9.17, 15) is 14.4 Å². The summed E-state index contributed by atoms with van der Waals surface area (Å²) in [6.07, 6.45) is 8.97. The van der Waals surface area contributed by atoms with E-state index >= 15 is 0 Å². The number of benzene rings is 1. The first kappa shape index (κ1) is 24.8. The van der Waals surface area contributed by atoms with E-state index in [4.69, 9.17) is 14.2 Å². The molecule has 3 aliphatic heterocycles. The van der Waals surface area contributed by atoms with E-state index in [2.05, 4.69) is 10.6 Å². The lowest BCUT2D eigenvalue weighted by Gasteiger charge is -2.34. The third kappa shape index (κ3) is 4.28. The molecule has 2 bridgehead atoms. The highest BCUT2D eigenvalue weighted by Crippen LogP contribution is 2.55. The second-order valence-electron chi connectivity index (χ2n) is 10.1. The van der Waals surface area contributed by atoms with Crippen molar-refractivity contribution < 1.29 is 28.6 Å². The monoisotopic (exact) mass is 497 g/mol. The highest BCUT2D eigenvalue weighted by atomic mass is 16.5. The number of anilines is 1. The molecule has 1 aromatic rings. The van der Waals surface area contributed by atoms with Gasteiger partial charge in [-0.05, 0) is 43.5 Å². The Morgan fingerprint density at radius 3 is 2.56 bits per heavy atom. The van der Waals surface area contributed by atoms with Gasteiger partial charge in [0.2, 0.25) is 17.7 Å².